The van der Waals surface area contributed by atoms with E-state index < -0.39 is 17.8 Å². The first-order chi connectivity index (χ1) is 20.2. The van der Waals surface area contributed by atoms with Gasteiger partial charge in [0.1, 0.15) is 17.2 Å². The Morgan fingerprint density at radius 2 is 1.95 bits per heavy atom. The monoisotopic (exact) mass is 564 g/mol. The van der Waals surface area contributed by atoms with E-state index in [2.05, 4.69) is 39.3 Å². The SMILES string of the molecule is C=CCNc1c(C(=O)NC(C)c2cc3cccc(C#Cc4cnn(C)c4)c3c(=O)n2-c2ccc(F)cc2)c(N)nn1C. The van der Waals surface area contributed by atoms with Crippen molar-refractivity contribution in [3.63, 3.8) is 0 Å². The summed E-state index contributed by atoms with van der Waals surface area (Å²) in [6, 6.07) is 12.1. The van der Waals surface area contributed by atoms with Crippen LogP contribution in [0.4, 0.5) is 16.0 Å². The third-order valence-corrected chi connectivity index (χ3v) is 6.71. The molecule has 0 aliphatic carbocycles. The third kappa shape index (κ3) is 5.38. The van der Waals surface area contributed by atoms with Gasteiger partial charge in [-0.05, 0) is 48.7 Å². The molecule has 3 heterocycles. The molecule has 0 saturated heterocycles. The standard InChI is InChI=1S/C31H29FN8O2/c1-5-15-34-29-27(28(33)37-39(29)4)30(41)36-19(2)25-16-22-8-6-7-21(10-9-20-17-35-38(3)18-20)26(22)31(42)40(25)24-13-11-23(32)12-14-24/h5-8,11-14,16-19,34H,1,15H2,2-4H3,(H2,33,37)(H,36,41). The molecular weight excluding hydrogens is 535 g/mol. The third-order valence-electron chi connectivity index (χ3n) is 6.71. The maximum absolute atomic E-state index is 14.2. The minimum atomic E-state index is -0.670. The number of hydrogen-bond acceptors (Lipinski definition) is 6. The minimum absolute atomic E-state index is 0.0556. The molecule has 0 fully saturated rings. The van der Waals surface area contributed by atoms with Crippen molar-refractivity contribution in [2.24, 2.45) is 14.1 Å². The molecular formula is C31H29FN8O2. The summed E-state index contributed by atoms with van der Waals surface area (Å²) in [7, 11) is 3.47. The maximum atomic E-state index is 14.2. The minimum Gasteiger partial charge on any atom is -0.381 e. The summed E-state index contributed by atoms with van der Waals surface area (Å²) in [4.78, 5) is 27.7. The molecule has 2 aromatic carbocycles. The topological polar surface area (TPSA) is 125 Å². The van der Waals surface area contributed by atoms with Crippen molar-refractivity contribution in [3.8, 4) is 17.5 Å². The van der Waals surface area contributed by atoms with E-state index in [0.29, 0.717) is 45.6 Å². The van der Waals surface area contributed by atoms with Crippen LogP contribution in [-0.2, 0) is 14.1 Å². The summed E-state index contributed by atoms with van der Waals surface area (Å²) >= 11 is 0. The Morgan fingerprint density at radius 3 is 2.64 bits per heavy atom. The molecule has 1 unspecified atom stereocenters. The number of amides is 1. The first-order valence-electron chi connectivity index (χ1n) is 13.1. The van der Waals surface area contributed by atoms with Crippen LogP contribution < -0.4 is 21.9 Å². The number of nitrogens with one attached hydrogen (secondary N) is 2. The number of aryl methyl sites for hydroxylation is 2. The van der Waals surface area contributed by atoms with Gasteiger partial charge in [-0.2, -0.15) is 10.2 Å². The lowest BCUT2D eigenvalue weighted by atomic mass is 10.0. The average Bonchev–Trinajstić information content (AvgIpc) is 3.51. The first-order valence-corrected chi connectivity index (χ1v) is 13.1. The number of pyridine rings is 1. The fourth-order valence-electron chi connectivity index (χ4n) is 4.77. The smallest absolute Gasteiger partial charge is 0.264 e. The van der Waals surface area contributed by atoms with Gasteiger partial charge in [0, 0.05) is 43.8 Å². The van der Waals surface area contributed by atoms with Crippen LogP contribution in [0.5, 0.6) is 0 Å². The lowest BCUT2D eigenvalue weighted by Crippen LogP contribution is -2.32. The molecule has 4 N–H and O–H groups in total. The predicted octanol–water partition coefficient (Wildman–Crippen LogP) is 3.67. The highest BCUT2D eigenvalue weighted by Crippen LogP contribution is 2.26. The Hall–Kier alpha value is -5.63. The molecule has 0 aliphatic heterocycles. The highest BCUT2D eigenvalue weighted by atomic mass is 19.1. The van der Waals surface area contributed by atoms with Crippen LogP contribution in [0, 0.1) is 17.7 Å². The van der Waals surface area contributed by atoms with E-state index in [9.17, 15) is 14.0 Å². The number of benzene rings is 2. The number of rotatable bonds is 7. The van der Waals surface area contributed by atoms with Gasteiger partial charge in [0.25, 0.3) is 11.5 Å². The Morgan fingerprint density at radius 1 is 1.19 bits per heavy atom. The van der Waals surface area contributed by atoms with Crippen LogP contribution >= 0.6 is 0 Å². The van der Waals surface area contributed by atoms with E-state index in [-0.39, 0.29) is 16.9 Å². The number of fused-ring (bicyclic) bond motifs is 1. The molecule has 10 nitrogen and oxygen atoms in total. The highest BCUT2D eigenvalue weighted by Gasteiger charge is 2.25. The predicted molar refractivity (Wildman–Crippen MR) is 161 cm³/mol. The van der Waals surface area contributed by atoms with E-state index in [1.165, 1.54) is 33.5 Å². The van der Waals surface area contributed by atoms with Gasteiger partial charge in [-0.3, -0.25) is 23.5 Å². The molecule has 0 aliphatic rings. The lowest BCUT2D eigenvalue weighted by molar-refractivity contribution is 0.0940. The normalized spacial score (nSPS) is 11.5. The number of anilines is 2. The molecule has 0 bridgehead atoms. The summed E-state index contributed by atoms with van der Waals surface area (Å²) in [6.45, 7) is 5.85. The van der Waals surface area contributed by atoms with Gasteiger partial charge in [-0.15, -0.1) is 6.58 Å². The van der Waals surface area contributed by atoms with E-state index in [0.717, 1.165) is 0 Å². The van der Waals surface area contributed by atoms with Gasteiger partial charge < -0.3 is 16.4 Å². The van der Waals surface area contributed by atoms with Crippen molar-refractivity contribution >= 4 is 28.3 Å². The van der Waals surface area contributed by atoms with Crippen molar-refractivity contribution in [3.05, 3.63) is 112 Å². The number of nitrogens with two attached hydrogens (primary N) is 1. The molecule has 0 spiro atoms. The van der Waals surface area contributed by atoms with Crippen molar-refractivity contribution in [1.29, 1.82) is 0 Å². The number of nitrogens with zero attached hydrogens (tertiary/aromatic N) is 5. The molecule has 212 valence electrons. The van der Waals surface area contributed by atoms with Crippen molar-refractivity contribution in [2.45, 2.75) is 13.0 Å². The molecule has 0 saturated carbocycles. The summed E-state index contributed by atoms with van der Waals surface area (Å²) in [5.74, 6) is 5.72. The Labute approximate surface area is 241 Å². The lowest BCUT2D eigenvalue weighted by Gasteiger charge is -2.21. The molecule has 11 heteroatoms. The quantitative estimate of drug-likeness (QED) is 0.205. The molecule has 0 radical (unpaired) electrons. The van der Waals surface area contributed by atoms with Crippen LogP contribution in [0.15, 0.2) is 78.4 Å². The van der Waals surface area contributed by atoms with Gasteiger partial charge in [-0.25, -0.2) is 4.39 Å². The number of hydrogen-bond donors (Lipinski definition) is 3. The fraction of sp³-hybridized carbons (Fsp3) is 0.161. The number of halogens is 1. The van der Waals surface area contributed by atoms with Gasteiger partial charge in [0.05, 0.1) is 23.2 Å². The van der Waals surface area contributed by atoms with Crippen molar-refractivity contribution < 1.29 is 9.18 Å². The van der Waals surface area contributed by atoms with E-state index >= 15 is 0 Å². The van der Waals surface area contributed by atoms with Gasteiger partial charge in [-0.1, -0.05) is 30.0 Å². The van der Waals surface area contributed by atoms with Gasteiger partial charge in [0.15, 0.2) is 5.82 Å². The summed E-state index contributed by atoms with van der Waals surface area (Å²) in [5, 5.41) is 15.4. The number of carbonyl (C=O) groups is 1. The Balaban J connectivity index is 1.63. The number of aromatic nitrogens is 5. The zero-order valence-electron chi connectivity index (χ0n) is 23.4. The van der Waals surface area contributed by atoms with E-state index in [4.69, 9.17) is 5.73 Å². The molecule has 1 amide bonds. The second-order valence-corrected chi connectivity index (χ2v) is 9.71. The molecule has 3 aromatic heterocycles. The highest BCUT2D eigenvalue weighted by molar-refractivity contribution is 6.03. The Bertz CT molecular complexity index is 1940. The molecule has 5 aromatic rings. The van der Waals surface area contributed by atoms with E-state index in [1.54, 1.807) is 50.2 Å². The number of nitrogen functional groups attached to an aromatic ring is 1. The maximum Gasteiger partial charge on any atom is 0.264 e. The molecule has 1 atom stereocenters. The van der Waals surface area contributed by atoms with Crippen LogP contribution in [0.3, 0.4) is 0 Å². The van der Waals surface area contributed by atoms with Crippen molar-refractivity contribution in [2.75, 3.05) is 17.6 Å². The van der Waals surface area contributed by atoms with Crippen LogP contribution in [0.1, 0.15) is 40.1 Å². The largest absolute Gasteiger partial charge is 0.381 e. The average molecular weight is 565 g/mol. The fourth-order valence-corrected chi connectivity index (χ4v) is 4.77. The summed E-state index contributed by atoms with van der Waals surface area (Å²) < 4.78 is 18.5. The van der Waals surface area contributed by atoms with Crippen LogP contribution in [0.2, 0.25) is 0 Å². The van der Waals surface area contributed by atoms with Gasteiger partial charge in [0.2, 0.25) is 0 Å². The number of carbonyl (C=O) groups excluding carboxylic acids is 1. The molecule has 42 heavy (non-hydrogen) atoms. The first kappa shape index (κ1) is 27.9. The van der Waals surface area contributed by atoms with Crippen molar-refractivity contribution in [1.82, 2.24) is 29.4 Å². The zero-order valence-corrected chi connectivity index (χ0v) is 23.4. The Kier molecular flexibility index (Phi) is 7.62. The molecule has 5 rings (SSSR count). The van der Waals surface area contributed by atoms with E-state index in [1.807, 2.05) is 18.2 Å². The summed E-state index contributed by atoms with van der Waals surface area (Å²) in [5.41, 5.74) is 8.05. The second-order valence-electron chi connectivity index (χ2n) is 9.71. The van der Waals surface area contributed by atoms with Crippen LogP contribution in [0.25, 0.3) is 16.5 Å². The zero-order chi connectivity index (χ0) is 30.0. The van der Waals surface area contributed by atoms with Crippen LogP contribution in [-0.4, -0.2) is 36.6 Å². The second kappa shape index (κ2) is 11.5. The summed E-state index contributed by atoms with van der Waals surface area (Å²) in [6.07, 6.45) is 5.08. The van der Waals surface area contributed by atoms with Gasteiger partial charge >= 0.3 is 0 Å².